The van der Waals surface area contributed by atoms with E-state index in [4.69, 9.17) is 5.73 Å². The summed E-state index contributed by atoms with van der Waals surface area (Å²) in [5, 5.41) is 7.54. The van der Waals surface area contributed by atoms with E-state index in [2.05, 4.69) is 35.3 Å². The lowest BCUT2D eigenvalue weighted by Crippen LogP contribution is -2.27. The molecular weight excluding hydrogens is 495 g/mol. The van der Waals surface area contributed by atoms with Crippen LogP contribution in [0.2, 0.25) is 0 Å². The van der Waals surface area contributed by atoms with E-state index in [9.17, 15) is 13.2 Å². The number of hydrogen-bond acceptors (Lipinski definition) is 8. The molecule has 9 nitrogen and oxygen atoms in total. The molecule has 1 aromatic carbocycles. The molecule has 3 aromatic heterocycles. The van der Waals surface area contributed by atoms with Crippen molar-refractivity contribution in [3.63, 3.8) is 0 Å². The third-order valence-electron chi connectivity index (χ3n) is 7.36. The number of nitrogens with two attached hydrogens (primary N) is 1. The Morgan fingerprint density at radius 3 is 2.61 bits per heavy atom. The summed E-state index contributed by atoms with van der Waals surface area (Å²) in [6.45, 7) is 1.32. The minimum Gasteiger partial charge on any atom is -0.368 e. The van der Waals surface area contributed by atoms with Crippen molar-refractivity contribution in [3.8, 4) is 22.6 Å². The lowest BCUT2D eigenvalue weighted by Gasteiger charge is -2.24. The number of alkyl halides is 2. The molecule has 1 saturated carbocycles. The standard InChI is InChI=1S/C26H26F3N9/c1-37-24(33-17-3-4-18(19(27)12-17)20-6-10-31-23(30)34-20)35-22(36-37)16-2-5-21(32-13-16)38-11-9-25(15-38)7-8-26(28,29)14-25/h2-6,10,12-13H,7-9,11,14-15H2,1H3,(H2,30,31,34)(H,33,35,36). The predicted octanol–water partition coefficient (Wildman–Crippen LogP) is 4.81. The first kappa shape index (κ1) is 24.1. The topological polar surface area (TPSA) is 111 Å². The van der Waals surface area contributed by atoms with Crippen molar-refractivity contribution < 1.29 is 13.2 Å². The Labute approximate surface area is 217 Å². The SMILES string of the molecule is Cn1nc(-c2ccc(N3CCC4(CCC(F)(F)C4)C3)nc2)nc1Nc1ccc(-c2ccnc(N)n2)c(F)c1. The third kappa shape index (κ3) is 4.61. The van der Waals surface area contributed by atoms with Gasteiger partial charge < -0.3 is 16.0 Å². The van der Waals surface area contributed by atoms with Gasteiger partial charge in [0.15, 0.2) is 5.82 Å². The van der Waals surface area contributed by atoms with E-state index in [1.165, 1.54) is 12.3 Å². The Bertz CT molecular complexity index is 1490. The summed E-state index contributed by atoms with van der Waals surface area (Å²) >= 11 is 0. The lowest BCUT2D eigenvalue weighted by atomic mass is 9.85. The summed E-state index contributed by atoms with van der Waals surface area (Å²) < 4.78 is 44.0. The maximum absolute atomic E-state index is 14.8. The summed E-state index contributed by atoms with van der Waals surface area (Å²) in [4.78, 5) is 19.1. The van der Waals surface area contributed by atoms with Crippen molar-refractivity contribution >= 4 is 23.4 Å². The second-order valence-electron chi connectivity index (χ2n) is 10.1. The quantitative estimate of drug-likeness (QED) is 0.385. The molecule has 196 valence electrons. The molecule has 12 heteroatoms. The largest absolute Gasteiger partial charge is 0.368 e. The van der Waals surface area contributed by atoms with Gasteiger partial charge in [0.1, 0.15) is 11.6 Å². The Hall–Kier alpha value is -4.22. The van der Waals surface area contributed by atoms with Gasteiger partial charge in [0, 0.05) is 62.2 Å². The van der Waals surface area contributed by atoms with E-state index in [0.717, 1.165) is 18.8 Å². The minimum absolute atomic E-state index is 0.0250. The highest BCUT2D eigenvalue weighted by Crippen LogP contribution is 2.52. The molecule has 1 atom stereocenters. The molecule has 4 aromatic rings. The molecular formula is C26H26F3N9. The van der Waals surface area contributed by atoms with Crippen LogP contribution in [-0.4, -0.2) is 48.7 Å². The maximum Gasteiger partial charge on any atom is 0.248 e. The molecule has 2 aliphatic rings. The van der Waals surface area contributed by atoms with E-state index < -0.39 is 11.7 Å². The fraction of sp³-hybridized carbons (Fsp3) is 0.346. The molecule has 1 saturated heterocycles. The monoisotopic (exact) mass is 521 g/mol. The van der Waals surface area contributed by atoms with Crippen molar-refractivity contribution in [2.45, 2.75) is 31.6 Å². The average Bonchev–Trinajstić information content (AvgIpc) is 3.56. The molecule has 1 aliphatic carbocycles. The van der Waals surface area contributed by atoms with Crippen molar-refractivity contribution in [1.29, 1.82) is 0 Å². The fourth-order valence-electron chi connectivity index (χ4n) is 5.43. The lowest BCUT2D eigenvalue weighted by molar-refractivity contribution is -0.00186. The molecule has 0 radical (unpaired) electrons. The predicted molar refractivity (Wildman–Crippen MR) is 137 cm³/mol. The van der Waals surface area contributed by atoms with Crippen LogP contribution in [0.25, 0.3) is 22.6 Å². The van der Waals surface area contributed by atoms with Crippen LogP contribution >= 0.6 is 0 Å². The zero-order valence-electron chi connectivity index (χ0n) is 20.7. The van der Waals surface area contributed by atoms with Gasteiger partial charge in [-0.05, 0) is 54.7 Å². The number of nitrogens with one attached hydrogen (secondary N) is 1. The molecule has 6 rings (SSSR count). The van der Waals surface area contributed by atoms with Gasteiger partial charge in [0.05, 0.1) is 5.69 Å². The smallest absolute Gasteiger partial charge is 0.248 e. The Balaban J connectivity index is 1.15. The van der Waals surface area contributed by atoms with Crippen molar-refractivity contribution in [1.82, 2.24) is 29.7 Å². The number of benzene rings is 1. The highest BCUT2D eigenvalue weighted by Gasteiger charge is 2.52. The van der Waals surface area contributed by atoms with Crippen LogP contribution in [-0.2, 0) is 7.05 Å². The van der Waals surface area contributed by atoms with Gasteiger partial charge in [-0.15, -0.1) is 5.10 Å². The van der Waals surface area contributed by atoms with Gasteiger partial charge in [-0.2, -0.15) is 4.98 Å². The van der Waals surface area contributed by atoms with Crippen molar-refractivity contribution in [2.75, 3.05) is 29.0 Å². The van der Waals surface area contributed by atoms with E-state index >= 15 is 0 Å². The van der Waals surface area contributed by atoms with Crippen LogP contribution < -0.4 is 16.0 Å². The fourth-order valence-corrected chi connectivity index (χ4v) is 5.43. The van der Waals surface area contributed by atoms with Crippen molar-refractivity contribution in [3.05, 3.63) is 54.6 Å². The first-order chi connectivity index (χ1) is 18.2. The van der Waals surface area contributed by atoms with Crippen LogP contribution in [0.4, 0.5) is 36.6 Å². The summed E-state index contributed by atoms with van der Waals surface area (Å²) in [7, 11) is 1.73. The number of aromatic nitrogens is 6. The van der Waals surface area contributed by atoms with E-state index in [0.29, 0.717) is 47.2 Å². The van der Waals surface area contributed by atoms with Crippen LogP contribution in [0.1, 0.15) is 25.7 Å². The first-order valence-corrected chi connectivity index (χ1v) is 12.3. The summed E-state index contributed by atoms with van der Waals surface area (Å²) in [5.41, 5.74) is 7.20. The molecule has 4 heterocycles. The molecule has 38 heavy (non-hydrogen) atoms. The number of rotatable bonds is 5. The van der Waals surface area contributed by atoms with Gasteiger partial charge in [-0.1, -0.05) is 0 Å². The van der Waals surface area contributed by atoms with E-state index in [-0.39, 0.29) is 24.2 Å². The number of pyridine rings is 1. The van der Waals surface area contributed by atoms with Gasteiger partial charge in [0.2, 0.25) is 17.8 Å². The van der Waals surface area contributed by atoms with Crippen LogP contribution in [0.5, 0.6) is 0 Å². The average molecular weight is 522 g/mol. The van der Waals surface area contributed by atoms with Crippen LogP contribution in [0.3, 0.4) is 0 Å². The number of aryl methyl sites for hydroxylation is 1. The zero-order valence-corrected chi connectivity index (χ0v) is 20.7. The molecule has 1 unspecified atom stereocenters. The van der Waals surface area contributed by atoms with Crippen LogP contribution in [0.15, 0.2) is 48.8 Å². The Morgan fingerprint density at radius 2 is 1.89 bits per heavy atom. The number of anilines is 4. The maximum atomic E-state index is 14.8. The Morgan fingerprint density at radius 1 is 1.03 bits per heavy atom. The molecule has 0 amide bonds. The minimum atomic E-state index is -2.55. The summed E-state index contributed by atoms with van der Waals surface area (Å²) in [6.07, 6.45) is 4.42. The first-order valence-electron chi connectivity index (χ1n) is 12.3. The number of nitrogens with zero attached hydrogens (tertiary/aromatic N) is 7. The van der Waals surface area contributed by atoms with Gasteiger partial charge >= 0.3 is 0 Å². The third-order valence-corrected chi connectivity index (χ3v) is 7.36. The molecule has 3 N–H and O–H groups in total. The van der Waals surface area contributed by atoms with E-state index in [1.807, 2.05) is 12.1 Å². The second-order valence-corrected chi connectivity index (χ2v) is 10.1. The number of hydrogen-bond donors (Lipinski definition) is 2. The molecule has 2 fully saturated rings. The van der Waals surface area contributed by atoms with Crippen molar-refractivity contribution in [2.24, 2.45) is 12.5 Å². The zero-order chi connectivity index (χ0) is 26.5. The molecule has 1 spiro atoms. The van der Waals surface area contributed by atoms with Gasteiger partial charge in [-0.25, -0.2) is 32.8 Å². The summed E-state index contributed by atoms with van der Waals surface area (Å²) in [5.74, 6) is -1.32. The normalized spacial score (nSPS) is 20.4. The van der Waals surface area contributed by atoms with E-state index in [1.54, 1.807) is 36.1 Å². The highest BCUT2D eigenvalue weighted by molar-refractivity contribution is 5.66. The molecule has 0 bridgehead atoms. The second kappa shape index (κ2) is 8.96. The summed E-state index contributed by atoms with van der Waals surface area (Å²) in [6, 6.07) is 10.0. The van der Waals surface area contributed by atoms with Gasteiger partial charge in [-0.3, -0.25) is 0 Å². The Kier molecular flexibility index (Phi) is 5.69. The number of nitrogen functional groups attached to an aromatic ring is 1. The number of halogens is 3. The van der Waals surface area contributed by atoms with Gasteiger partial charge in [0.25, 0.3) is 0 Å². The van der Waals surface area contributed by atoms with Crippen LogP contribution in [0, 0.1) is 11.2 Å². The molecule has 1 aliphatic heterocycles. The highest BCUT2D eigenvalue weighted by atomic mass is 19.3.